The monoisotopic (exact) mass is 217 g/mol. The van der Waals surface area contributed by atoms with Gasteiger partial charge in [-0.25, -0.2) is 0 Å². The first kappa shape index (κ1) is 12.9. The molecule has 4 heteroatoms. The Kier molecular flexibility index (Phi) is 6.92. The summed E-state index contributed by atoms with van der Waals surface area (Å²) in [6.07, 6.45) is 2.18. The van der Waals surface area contributed by atoms with Gasteiger partial charge in [-0.3, -0.25) is 0 Å². The minimum Gasteiger partial charge on any atom is -0.382 e. The summed E-state index contributed by atoms with van der Waals surface area (Å²) in [5, 5.41) is 3.35. The Morgan fingerprint density at radius 2 is 2.20 bits per heavy atom. The molecule has 0 radical (unpaired) electrons. The molecule has 0 spiro atoms. The second kappa shape index (κ2) is 8.05. The van der Waals surface area contributed by atoms with E-state index in [2.05, 4.69) is 5.32 Å². The van der Waals surface area contributed by atoms with E-state index < -0.39 is 0 Å². The van der Waals surface area contributed by atoms with Crippen molar-refractivity contribution in [2.24, 2.45) is 5.92 Å². The van der Waals surface area contributed by atoms with Gasteiger partial charge in [0.2, 0.25) is 0 Å². The Balaban J connectivity index is 2.07. The van der Waals surface area contributed by atoms with E-state index in [9.17, 15) is 0 Å². The summed E-state index contributed by atoms with van der Waals surface area (Å²) < 4.78 is 15.8. The van der Waals surface area contributed by atoms with Crippen LogP contribution >= 0.6 is 0 Å². The van der Waals surface area contributed by atoms with Crippen molar-refractivity contribution in [2.45, 2.75) is 18.9 Å². The number of methoxy groups -OCH3 is 1. The van der Waals surface area contributed by atoms with Gasteiger partial charge >= 0.3 is 0 Å². The fraction of sp³-hybridized carbons (Fsp3) is 1.00. The molecule has 1 saturated heterocycles. The molecule has 0 amide bonds. The van der Waals surface area contributed by atoms with Gasteiger partial charge in [0.05, 0.1) is 19.8 Å². The highest BCUT2D eigenvalue weighted by Crippen LogP contribution is 2.17. The zero-order valence-electron chi connectivity index (χ0n) is 9.83. The fourth-order valence-electron chi connectivity index (χ4n) is 1.94. The first-order valence-corrected chi connectivity index (χ1v) is 5.70. The van der Waals surface area contributed by atoms with Crippen LogP contribution in [0.25, 0.3) is 0 Å². The molecule has 1 N–H and O–H groups in total. The molecular weight excluding hydrogens is 194 g/mol. The number of nitrogens with one attached hydrogen (secondary N) is 1. The van der Waals surface area contributed by atoms with Gasteiger partial charge in [-0.15, -0.1) is 0 Å². The van der Waals surface area contributed by atoms with Crippen LogP contribution in [-0.4, -0.2) is 53.2 Å². The van der Waals surface area contributed by atoms with Crippen molar-refractivity contribution in [1.29, 1.82) is 0 Å². The van der Waals surface area contributed by atoms with Crippen molar-refractivity contribution in [1.82, 2.24) is 5.32 Å². The Hall–Kier alpha value is -0.160. The lowest BCUT2D eigenvalue weighted by molar-refractivity contribution is 0.00933. The van der Waals surface area contributed by atoms with Crippen molar-refractivity contribution < 1.29 is 14.2 Å². The Labute approximate surface area is 92.3 Å². The molecule has 0 bridgehead atoms. The molecule has 1 fully saturated rings. The van der Waals surface area contributed by atoms with Gasteiger partial charge in [-0.05, 0) is 25.8 Å². The zero-order valence-corrected chi connectivity index (χ0v) is 9.83. The van der Waals surface area contributed by atoms with Gasteiger partial charge in [0.25, 0.3) is 0 Å². The summed E-state index contributed by atoms with van der Waals surface area (Å²) in [6.45, 7) is 3.91. The van der Waals surface area contributed by atoms with E-state index in [4.69, 9.17) is 14.2 Å². The SMILES string of the molecule is CNC1CCOCC1CCOCCOC. The van der Waals surface area contributed by atoms with E-state index in [-0.39, 0.29) is 0 Å². The third-order valence-corrected chi connectivity index (χ3v) is 2.91. The quantitative estimate of drug-likeness (QED) is 0.636. The topological polar surface area (TPSA) is 39.7 Å². The molecule has 1 aliphatic rings. The van der Waals surface area contributed by atoms with Gasteiger partial charge in [-0.1, -0.05) is 0 Å². The minimum absolute atomic E-state index is 0.588. The molecule has 4 nitrogen and oxygen atoms in total. The molecule has 2 unspecified atom stereocenters. The Morgan fingerprint density at radius 3 is 2.93 bits per heavy atom. The lowest BCUT2D eigenvalue weighted by Gasteiger charge is -2.31. The average molecular weight is 217 g/mol. The van der Waals surface area contributed by atoms with Gasteiger partial charge in [0, 0.05) is 26.4 Å². The van der Waals surface area contributed by atoms with Crippen molar-refractivity contribution in [3.05, 3.63) is 0 Å². The normalized spacial score (nSPS) is 26.8. The standard InChI is InChI=1S/C11H23NO3/c1-12-11-4-6-15-9-10(11)3-5-14-8-7-13-2/h10-12H,3-9H2,1-2H3. The van der Waals surface area contributed by atoms with Crippen LogP contribution in [0.1, 0.15) is 12.8 Å². The molecule has 1 heterocycles. The van der Waals surface area contributed by atoms with Crippen LogP contribution < -0.4 is 5.32 Å². The highest BCUT2D eigenvalue weighted by atomic mass is 16.5. The van der Waals surface area contributed by atoms with Crippen molar-refractivity contribution >= 4 is 0 Å². The first-order chi connectivity index (χ1) is 7.38. The lowest BCUT2D eigenvalue weighted by Crippen LogP contribution is -2.41. The summed E-state index contributed by atoms with van der Waals surface area (Å²) in [5.74, 6) is 0.589. The first-order valence-electron chi connectivity index (χ1n) is 5.70. The van der Waals surface area contributed by atoms with Crippen molar-refractivity contribution in [2.75, 3.05) is 47.2 Å². The fourth-order valence-corrected chi connectivity index (χ4v) is 1.94. The van der Waals surface area contributed by atoms with Gasteiger partial charge < -0.3 is 19.5 Å². The van der Waals surface area contributed by atoms with Crippen molar-refractivity contribution in [3.63, 3.8) is 0 Å². The molecule has 0 aromatic rings. The molecule has 0 aromatic carbocycles. The van der Waals surface area contributed by atoms with Gasteiger partial charge in [0.15, 0.2) is 0 Å². The zero-order chi connectivity index (χ0) is 10.9. The third kappa shape index (κ3) is 4.93. The molecule has 2 atom stereocenters. The number of ether oxygens (including phenoxy) is 3. The van der Waals surface area contributed by atoms with Crippen molar-refractivity contribution in [3.8, 4) is 0 Å². The average Bonchev–Trinajstić information content (AvgIpc) is 2.29. The smallest absolute Gasteiger partial charge is 0.0700 e. The minimum atomic E-state index is 0.588. The molecule has 1 aliphatic heterocycles. The summed E-state index contributed by atoms with van der Waals surface area (Å²) in [4.78, 5) is 0. The van der Waals surface area contributed by atoms with E-state index in [1.807, 2.05) is 7.05 Å². The van der Waals surface area contributed by atoms with E-state index in [1.165, 1.54) is 0 Å². The van der Waals surface area contributed by atoms with Gasteiger partial charge in [0.1, 0.15) is 0 Å². The summed E-state index contributed by atoms with van der Waals surface area (Å²) in [5.41, 5.74) is 0. The third-order valence-electron chi connectivity index (χ3n) is 2.91. The van der Waals surface area contributed by atoms with Gasteiger partial charge in [-0.2, -0.15) is 0 Å². The predicted molar refractivity (Wildman–Crippen MR) is 59.1 cm³/mol. The summed E-state index contributed by atoms with van der Waals surface area (Å²) in [7, 11) is 3.71. The number of hydrogen-bond donors (Lipinski definition) is 1. The molecular formula is C11H23NO3. The second-order valence-corrected chi connectivity index (χ2v) is 3.91. The van der Waals surface area contributed by atoms with Crippen LogP contribution in [0.5, 0.6) is 0 Å². The largest absolute Gasteiger partial charge is 0.382 e. The molecule has 90 valence electrons. The number of rotatable bonds is 7. The molecule has 1 rings (SSSR count). The maximum absolute atomic E-state index is 5.47. The molecule has 15 heavy (non-hydrogen) atoms. The van der Waals surface area contributed by atoms with E-state index in [1.54, 1.807) is 7.11 Å². The highest BCUT2D eigenvalue weighted by molar-refractivity contribution is 4.78. The number of hydrogen-bond acceptors (Lipinski definition) is 4. The van der Waals surface area contributed by atoms with E-state index in [0.29, 0.717) is 25.2 Å². The second-order valence-electron chi connectivity index (χ2n) is 3.91. The van der Waals surface area contributed by atoms with Crippen LogP contribution in [0, 0.1) is 5.92 Å². The predicted octanol–water partition coefficient (Wildman–Crippen LogP) is 0.664. The maximum atomic E-state index is 5.47. The highest BCUT2D eigenvalue weighted by Gasteiger charge is 2.23. The Morgan fingerprint density at radius 1 is 1.33 bits per heavy atom. The molecule has 0 aliphatic carbocycles. The van der Waals surface area contributed by atoms with E-state index >= 15 is 0 Å². The maximum Gasteiger partial charge on any atom is 0.0700 e. The van der Waals surface area contributed by atoms with E-state index in [0.717, 1.165) is 32.7 Å². The van der Waals surface area contributed by atoms with Crippen LogP contribution in [-0.2, 0) is 14.2 Å². The lowest BCUT2D eigenvalue weighted by atomic mass is 9.93. The summed E-state index contributed by atoms with van der Waals surface area (Å²) in [6, 6.07) is 0.588. The Bertz CT molecular complexity index is 155. The molecule has 0 saturated carbocycles. The van der Waals surface area contributed by atoms with Crippen LogP contribution in [0.4, 0.5) is 0 Å². The van der Waals surface area contributed by atoms with Crippen LogP contribution in [0.2, 0.25) is 0 Å². The summed E-state index contributed by atoms with van der Waals surface area (Å²) >= 11 is 0. The van der Waals surface area contributed by atoms with Crippen LogP contribution in [0.3, 0.4) is 0 Å². The van der Waals surface area contributed by atoms with Crippen LogP contribution in [0.15, 0.2) is 0 Å². The molecule has 0 aromatic heterocycles.